The predicted octanol–water partition coefficient (Wildman–Crippen LogP) is 5.13. The van der Waals surface area contributed by atoms with Gasteiger partial charge in [0.15, 0.2) is 15.6 Å². The highest BCUT2D eigenvalue weighted by atomic mass is 32.2. The van der Waals surface area contributed by atoms with E-state index in [1.165, 1.54) is 30.3 Å². The van der Waals surface area contributed by atoms with Crippen LogP contribution in [0.4, 0.5) is 17.1 Å². The number of rotatable bonds is 7. The van der Waals surface area contributed by atoms with E-state index in [0.29, 0.717) is 22.5 Å². The van der Waals surface area contributed by atoms with Gasteiger partial charge in [-0.2, -0.15) is 0 Å². The molecule has 0 bridgehead atoms. The van der Waals surface area contributed by atoms with Crippen LogP contribution in [-0.2, 0) is 14.6 Å². The van der Waals surface area contributed by atoms with Crippen molar-refractivity contribution >= 4 is 44.3 Å². The third-order valence-corrected chi connectivity index (χ3v) is 7.44. The Morgan fingerprint density at radius 3 is 2.19 bits per heavy atom. The van der Waals surface area contributed by atoms with E-state index in [4.69, 9.17) is 4.99 Å². The zero-order valence-electron chi connectivity index (χ0n) is 21.3. The van der Waals surface area contributed by atoms with Crippen LogP contribution in [0, 0.1) is 6.92 Å². The number of hydrogen-bond acceptors (Lipinski definition) is 6. The van der Waals surface area contributed by atoms with Crippen LogP contribution in [0.1, 0.15) is 35.3 Å². The highest BCUT2D eigenvalue weighted by molar-refractivity contribution is 7.90. The molecule has 0 radical (unpaired) electrons. The summed E-state index contributed by atoms with van der Waals surface area (Å²) < 4.78 is 23.4. The second-order valence-electron chi connectivity index (χ2n) is 8.82. The maximum Gasteiger partial charge on any atom is 0.259 e. The maximum atomic E-state index is 13.2. The van der Waals surface area contributed by atoms with Gasteiger partial charge >= 0.3 is 0 Å². The third-order valence-electron chi connectivity index (χ3n) is 6.31. The van der Waals surface area contributed by atoms with Gasteiger partial charge in [0.05, 0.1) is 21.9 Å². The Labute approximate surface area is 217 Å². The summed E-state index contributed by atoms with van der Waals surface area (Å²) in [6.45, 7) is 8.01. The number of carbonyl (C=O) groups excluding carboxylic acids is 2. The number of fused-ring (bicyclic) bond motifs is 1. The summed E-state index contributed by atoms with van der Waals surface area (Å²) in [5.41, 5.74) is 4.77. The summed E-state index contributed by atoms with van der Waals surface area (Å²) in [6.07, 6.45) is 2.63. The van der Waals surface area contributed by atoms with Gasteiger partial charge in [0.25, 0.3) is 5.91 Å². The molecule has 37 heavy (non-hydrogen) atoms. The fourth-order valence-electron chi connectivity index (χ4n) is 4.25. The molecule has 0 atom stereocenters. The fraction of sp³-hybridized carbons (Fsp3) is 0.207. The molecule has 0 spiro atoms. The first kappa shape index (κ1) is 26.0. The Morgan fingerprint density at radius 1 is 0.946 bits per heavy atom. The van der Waals surface area contributed by atoms with E-state index in [2.05, 4.69) is 30.1 Å². The number of Topliss-reactive ketones (excluding diaryl/α,β-unsaturated/α-hetero) is 1. The molecule has 3 aromatic carbocycles. The van der Waals surface area contributed by atoms with E-state index in [-0.39, 0.29) is 10.5 Å². The molecule has 0 saturated heterocycles. The van der Waals surface area contributed by atoms with Crippen molar-refractivity contribution in [1.29, 1.82) is 0 Å². The van der Waals surface area contributed by atoms with Gasteiger partial charge in [-0.15, -0.1) is 0 Å². The number of aryl methyl sites for hydroxylation is 1. The van der Waals surface area contributed by atoms with Crippen LogP contribution in [0.15, 0.2) is 88.3 Å². The smallest absolute Gasteiger partial charge is 0.259 e. The van der Waals surface area contributed by atoms with Gasteiger partial charge in [-0.05, 0) is 74.9 Å². The Morgan fingerprint density at radius 2 is 1.59 bits per heavy atom. The molecule has 3 aromatic rings. The van der Waals surface area contributed by atoms with Crippen LogP contribution >= 0.6 is 0 Å². The first-order valence-corrected chi connectivity index (χ1v) is 13.9. The van der Waals surface area contributed by atoms with Gasteiger partial charge in [-0.1, -0.05) is 24.3 Å². The van der Waals surface area contributed by atoms with Crippen molar-refractivity contribution in [3.8, 4) is 0 Å². The Kier molecular flexibility index (Phi) is 7.40. The van der Waals surface area contributed by atoms with Gasteiger partial charge in [-0.3, -0.25) is 9.59 Å². The van der Waals surface area contributed by atoms with Crippen molar-refractivity contribution in [3.05, 3.63) is 95.1 Å². The zero-order chi connectivity index (χ0) is 26.7. The quantitative estimate of drug-likeness (QED) is 0.440. The molecule has 0 heterocycles. The normalized spacial score (nSPS) is 14.2. The average Bonchev–Trinajstić information content (AvgIpc) is 2.87. The van der Waals surface area contributed by atoms with Crippen LogP contribution in [0.5, 0.6) is 0 Å². The van der Waals surface area contributed by atoms with E-state index in [1.54, 1.807) is 12.1 Å². The lowest BCUT2D eigenvalue weighted by Gasteiger charge is -2.22. The average molecular weight is 516 g/mol. The second-order valence-corrected chi connectivity index (χ2v) is 10.8. The lowest BCUT2D eigenvalue weighted by molar-refractivity contribution is -0.112. The van der Waals surface area contributed by atoms with E-state index in [9.17, 15) is 18.0 Å². The van der Waals surface area contributed by atoms with Gasteiger partial charge < -0.3 is 10.2 Å². The molecule has 7 nitrogen and oxygen atoms in total. The van der Waals surface area contributed by atoms with Crippen LogP contribution in [0.2, 0.25) is 0 Å². The number of hydrogen-bond donors (Lipinski definition) is 1. The summed E-state index contributed by atoms with van der Waals surface area (Å²) in [5.74, 6) is -0.985. The Hall–Kier alpha value is -4.04. The minimum absolute atomic E-state index is 0.0398. The van der Waals surface area contributed by atoms with E-state index in [0.717, 1.165) is 36.3 Å². The summed E-state index contributed by atoms with van der Waals surface area (Å²) >= 11 is 0. The first-order valence-electron chi connectivity index (χ1n) is 12.0. The zero-order valence-corrected chi connectivity index (χ0v) is 22.1. The molecule has 1 N–H and O–H groups in total. The minimum Gasteiger partial charge on any atom is -0.372 e. The summed E-state index contributed by atoms with van der Waals surface area (Å²) in [7, 11) is -3.36. The molecule has 0 aliphatic heterocycles. The number of allylic oxidation sites excluding steroid dienone is 1. The topological polar surface area (TPSA) is 95.9 Å². The van der Waals surface area contributed by atoms with Crippen molar-refractivity contribution in [3.63, 3.8) is 0 Å². The van der Waals surface area contributed by atoms with E-state index in [1.807, 2.05) is 31.2 Å². The molecule has 4 rings (SSSR count). The van der Waals surface area contributed by atoms with Crippen molar-refractivity contribution in [2.24, 2.45) is 4.99 Å². The van der Waals surface area contributed by atoms with E-state index >= 15 is 0 Å². The SMILES string of the molecule is CCN(CC)c1ccc(N=C2C=C(C(=O)Nc3ccc(S(C)(=O)=O)cc3)C(=O)c3ccccc32)c(C)c1. The molecule has 190 valence electrons. The molecule has 0 saturated carbocycles. The number of nitrogens with zero attached hydrogens (tertiary/aromatic N) is 2. The Bertz CT molecular complexity index is 1530. The van der Waals surface area contributed by atoms with Crippen LogP contribution < -0.4 is 10.2 Å². The number of benzene rings is 3. The maximum absolute atomic E-state index is 13.2. The number of amides is 1. The van der Waals surface area contributed by atoms with E-state index < -0.39 is 21.5 Å². The second kappa shape index (κ2) is 10.5. The van der Waals surface area contributed by atoms with Crippen molar-refractivity contribution in [2.45, 2.75) is 25.7 Å². The molecule has 1 aliphatic carbocycles. The molecule has 8 heteroatoms. The van der Waals surface area contributed by atoms with Gasteiger partial charge in [0, 0.05) is 41.8 Å². The third kappa shape index (κ3) is 5.54. The molecular weight excluding hydrogens is 486 g/mol. The highest BCUT2D eigenvalue weighted by Crippen LogP contribution is 2.29. The number of sulfone groups is 1. The lowest BCUT2D eigenvalue weighted by atomic mass is 9.88. The Balaban J connectivity index is 1.70. The monoisotopic (exact) mass is 515 g/mol. The van der Waals surface area contributed by atoms with Gasteiger partial charge in [0.2, 0.25) is 0 Å². The molecule has 0 fully saturated rings. The molecule has 0 aromatic heterocycles. The number of carbonyl (C=O) groups is 2. The lowest BCUT2D eigenvalue weighted by Crippen LogP contribution is -2.26. The van der Waals surface area contributed by atoms with Crippen LogP contribution in [-0.4, -0.2) is 45.2 Å². The summed E-state index contributed by atoms with van der Waals surface area (Å²) in [6, 6.07) is 19.0. The highest BCUT2D eigenvalue weighted by Gasteiger charge is 2.28. The fourth-order valence-corrected chi connectivity index (χ4v) is 4.89. The summed E-state index contributed by atoms with van der Waals surface area (Å²) in [4.78, 5) is 33.6. The first-order chi connectivity index (χ1) is 17.6. The van der Waals surface area contributed by atoms with Gasteiger partial charge in [-0.25, -0.2) is 13.4 Å². The molecule has 1 amide bonds. The molecule has 1 aliphatic rings. The standard InChI is InChI=1S/C29H29N3O4S/c1-5-32(6-2)21-13-16-26(19(3)17-21)31-27-18-25(28(33)24-10-8-7-9-23(24)27)29(34)30-20-11-14-22(15-12-20)37(4,35)36/h7-18H,5-6H2,1-4H3,(H,30,34). The van der Waals surface area contributed by atoms with Gasteiger partial charge in [0.1, 0.15) is 0 Å². The molecule has 0 unspecified atom stereocenters. The number of ketones is 1. The van der Waals surface area contributed by atoms with Crippen molar-refractivity contribution in [2.75, 3.05) is 29.6 Å². The number of nitrogens with one attached hydrogen (secondary N) is 1. The molecular formula is C29H29N3O4S. The van der Waals surface area contributed by atoms with Crippen molar-refractivity contribution in [1.82, 2.24) is 0 Å². The van der Waals surface area contributed by atoms with Crippen LogP contribution in [0.25, 0.3) is 0 Å². The summed E-state index contributed by atoms with van der Waals surface area (Å²) in [5, 5.41) is 2.70. The van der Waals surface area contributed by atoms with Crippen molar-refractivity contribution < 1.29 is 18.0 Å². The number of aliphatic imine (C=N–C) groups is 1. The predicted molar refractivity (Wildman–Crippen MR) is 148 cm³/mol. The minimum atomic E-state index is -3.36. The van der Waals surface area contributed by atoms with Crippen LogP contribution in [0.3, 0.4) is 0 Å². The number of anilines is 2. The largest absolute Gasteiger partial charge is 0.372 e.